The molecule has 4 heterocycles. The van der Waals surface area contributed by atoms with Gasteiger partial charge in [-0.3, -0.25) is 9.69 Å². The molecule has 2 amide bonds. The number of hydrogen-bond donors (Lipinski definition) is 0. The maximum absolute atomic E-state index is 14.6. The Morgan fingerprint density at radius 1 is 1.26 bits per heavy atom. The molecule has 9 heteroatoms. The number of cyclic esters (lactones) is 1. The van der Waals surface area contributed by atoms with Crippen LogP contribution in [0.25, 0.3) is 0 Å². The molecular weight excluding hydrogens is 360 g/mol. The number of aryl methyl sites for hydroxylation is 1. The second-order valence-corrected chi connectivity index (χ2v) is 6.99. The number of fused-ring (bicyclic) bond motifs is 5. The molecule has 0 N–H and O–H groups in total. The van der Waals surface area contributed by atoms with Crippen molar-refractivity contribution in [2.75, 3.05) is 16.8 Å². The van der Waals surface area contributed by atoms with Crippen molar-refractivity contribution in [3.63, 3.8) is 0 Å². The average molecular weight is 375 g/mol. The van der Waals surface area contributed by atoms with Gasteiger partial charge in [0.2, 0.25) is 0 Å². The van der Waals surface area contributed by atoms with Crippen LogP contribution in [-0.2, 0) is 28.3 Å². The molecule has 0 saturated carbocycles. The summed E-state index contributed by atoms with van der Waals surface area (Å²) in [5.41, 5.74) is 1.39. The minimum atomic E-state index is -3.59. The van der Waals surface area contributed by atoms with Crippen LogP contribution in [0.2, 0.25) is 0 Å². The summed E-state index contributed by atoms with van der Waals surface area (Å²) in [6.45, 7) is 0. The molecule has 3 aliphatic rings. The number of halogens is 2. The summed E-state index contributed by atoms with van der Waals surface area (Å²) < 4.78 is 39.4. The fraction of sp³-hybridized carbons (Fsp3) is 0.389. The van der Waals surface area contributed by atoms with Gasteiger partial charge in [0, 0.05) is 13.1 Å². The van der Waals surface area contributed by atoms with E-state index in [1.165, 1.54) is 24.3 Å². The van der Waals surface area contributed by atoms with Crippen LogP contribution in [-0.4, -0.2) is 36.4 Å². The number of aromatic nitrogens is 1. The Kier molecular flexibility index (Phi) is 3.17. The third-order valence-electron chi connectivity index (χ3n) is 5.57. The summed E-state index contributed by atoms with van der Waals surface area (Å²) >= 11 is 0. The lowest BCUT2D eigenvalue weighted by Crippen LogP contribution is -2.33. The Balaban J connectivity index is 1.49. The van der Waals surface area contributed by atoms with Crippen molar-refractivity contribution in [2.24, 2.45) is 0 Å². The van der Waals surface area contributed by atoms with E-state index in [9.17, 15) is 18.4 Å². The summed E-state index contributed by atoms with van der Waals surface area (Å²) in [7, 11) is 1.33. The van der Waals surface area contributed by atoms with Crippen molar-refractivity contribution in [3.8, 4) is 0 Å². The van der Waals surface area contributed by atoms with E-state index >= 15 is 0 Å². The SMILES string of the molecule is CN1C(=O)C(F)(F)c2c1ccc1c2C[C@H]2[C@H](CCc3ccon3)OC(=O)N12. The predicted molar refractivity (Wildman–Crippen MR) is 88.8 cm³/mol. The van der Waals surface area contributed by atoms with Crippen molar-refractivity contribution in [1.82, 2.24) is 5.16 Å². The molecule has 2 aromatic rings. The first-order valence-corrected chi connectivity index (χ1v) is 8.61. The molecule has 5 rings (SSSR count). The second kappa shape index (κ2) is 5.28. The van der Waals surface area contributed by atoms with Gasteiger partial charge in [-0.05, 0) is 37.0 Å². The maximum atomic E-state index is 14.6. The van der Waals surface area contributed by atoms with Crippen molar-refractivity contribution in [1.29, 1.82) is 0 Å². The van der Waals surface area contributed by atoms with Gasteiger partial charge in [-0.1, -0.05) is 5.16 Å². The van der Waals surface area contributed by atoms with Crippen LogP contribution in [0.1, 0.15) is 23.2 Å². The van der Waals surface area contributed by atoms with E-state index in [0.29, 0.717) is 24.1 Å². The highest BCUT2D eigenvalue weighted by atomic mass is 19.3. The largest absolute Gasteiger partial charge is 0.444 e. The Labute approximate surface area is 152 Å². The number of benzene rings is 1. The van der Waals surface area contributed by atoms with Crippen LogP contribution in [0.4, 0.5) is 25.0 Å². The Bertz CT molecular complexity index is 960. The highest BCUT2D eigenvalue weighted by Crippen LogP contribution is 2.52. The number of rotatable bonds is 3. The lowest BCUT2D eigenvalue weighted by atomic mass is 9.96. The maximum Gasteiger partial charge on any atom is 0.415 e. The van der Waals surface area contributed by atoms with Gasteiger partial charge < -0.3 is 14.2 Å². The smallest absolute Gasteiger partial charge is 0.415 e. The monoisotopic (exact) mass is 375 g/mol. The van der Waals surface area contributed by atoms with E-state index in [-0.39, 0.29) is 23.7 Å². The van der Waals surface area contributed by atoms with Gasteiger partial charge in [-0.2, -0.15) is 8.78 Å². The first-order valence-electron chi connectivity index (χ1n) is 8.61. The number of carbonyl (C=O) groups excluding carboxylic acids is 2. The van der Waals surface area contributed by atoms with Gasteiger partial charge in [-0.15, -0.1) is 0 Å². The third kappa shape index (κ3) is 2.08. The highest BCUT2D eigenvalue weighted by Gasteiger charge is 2.57. The summed E-state index contributed by atoms with van der Waals surface area (Å²) in [5.74, 6) is -4.84. The first-order chi connectivity index (χ1) is 12.9. The van der Waals surface area contributed by atoms with Gasteiger partial charge in [0.05, 0.1) is 28.7 Å². The fourth-order valence-corrected chi connectivity index (χ4v) is 4.30. The van der Waals surface area contributed by atoms with Crippen LogP contribution >= 0.6 is 0 Å². The topological polar surface area (TPSA) is 75.9 Å². The van der Waals surface area contributed by atoms with Crippen LogP contribution < -0.4 is 9.80 Å². The predicted octanol–water partition coefficient (Wildman–Crippen LogP) is 2.63. The molecule has 27 heavy (non-hydrogen) atoms. The molecule has 1 saturated heterocycles. The number of alkyl halides is 2. The number of amides is 2. The van der Waals surface area contributed by atoms with E-state index in [2.05, 4.69) is 5.16 Å². The van der Waals surface area contributed by atoms with Crippen LogP contribution in [0.5, 0.6) is 0 Å². The Hall–Kier alpha value is -2.97. The zero-order chi connectivity index (χ0) is 18.9. The third-order valence-corrected chi connectivity index (χ3v) is 5.57. The zero-order valence-electron chi connectivity index (χ0n) is 14.3. The molecule has 3 aliphatic heterocycles. The molecule has 1 aromatic carbocycles. The number of ether oxygens (including phenoxy) is 1. The molecule has 2 atom stereocenters. The normalized spacial score (nSPS) is 24.9. The molecule has 7 nitrogen and oxygen atoms in total. The minimum Gasteiger partial charge on any atom is -0.444 e. The lowest BCUT2D eigenvalue weighted by Gasteiger charge is -2.16. The molecular formula is C18H15F2N3O4. The molecule has 0 unspecified atom stereocenters. The summed E-state index contributed by atoms with van der Waals surface area (Å²) in [6, 6.07) is 4.43. The van der Waals surface area contributed by atoms with Crippen molar-refractivity contribution in [2.45, 2.75) is 37.3 Å². The van der Waals surface area contributed by atoms with Gasteiger partial charge in [-0.25, -0.2) is 4.79 Å². The molecule has 140 valence electrons. The number of carbonyl (C=O) groups is 2. The molecule has 1 aromatic heterocycles. The van der Waals surface area contributed by atoms with Gasteiger partial charge in [0.15, 0.2) is 0 Å². The minimum absolute atomic E-state index is 0.192. The first kappa shape index (κ1) is 16.2. The number of nitrogens with zero attached hydrogens (tertiary/aromatic N) is 3. The van der Waals surface area contributed by atoms with Crippen LogP contribution in [0, 0.1) is 0 Å². The lowest BCUT2D eigenvalue weighted by molar-refractivity contribution is -0.141. The van der Waals surface area contributed by atoms with E-state index in [1.807, 2.05) is 0 Å². The molecule has 0 spiro atoms. The van der Waals surface area contributed by atoms with Crippen LogP contribution in [0.15, 0.2) is 29.0 Å². The average Bonchev–Trinajstić information content (AvgIpc) is 3.37. The quantitative estimate of drug-likeness (QED) is 0.824. The molecule has 1 fully saturated rings. The number of anilines is 2. The summed E-state index contributed by atoms with van der Waals surface area (Å²) in [4.78, 5) is 26.7. The summed E-state index contributed by atoms with van der Waals surface area (Å²) in [5, 5.41) is 3.83. The Morgan fingerprint density at radius 2 is 2.04 bits per heavy atom. The Morgan fingerprint density at radius 3 is 2.78 bits per heavy atom. The van der Waals surface area contributed by atoms with Crippen LogP contribution in [0.3, 0.4) is 0 Å². The fourth-order valence-electron chi connectivity index (χ4n) is 4.30. The van der Waals surface area contributed by atoms with Crippen molar-refractivity contribution >= 4 is 23.4 Å². The molecule has 0 aliphatic carbocycles. The molecule has 0 bridgehead atoms. The zero-order valence-corrected chi connectivity index (χ0v) is 14.3. The highest BCUT2D eigenvalue weighted by molar-refractivity contribution is 6.07. The van der Waals surface area contributed by atoms with Gasteiger partial charge in [0.25, 0.3) is 0 Å². The van der Waals surface area contributed by atoms with E-state index < -0.39 is 24.0 Å². The van der Waals surface area contributed by atoms with E-state index in [0.717, 1.165) is 10.6 Å². The van der Waals surface area contributed by atoms with Crippen molar-refractivity contribution in [3.05, 3.63) is 41.3 Å². The molecule has 0 radical (unpaired) electrons. The number of hydrogen-bond acceptors (Lipinski definition) is 5. The van der Waals surface area contributed by atoms with E-state index in [1.54, 1.807) is 12.1 Å². The second-order valence-electron chi connectivity index (χ2n) is 6.99. The van der Waals surface area contributed by atoms with Gasteiger partial charge >= 0.3 is 17.9 Å². The standard InChI is InChI=1S/C18H15F2N3O4/c1-22-12-4-3-11-10(15(12)18(19,20)16(22)24)8-13-14(27-17(25)23(11)13)5-2-9-6-7-26-21-9/h3-4,6-7,13-14H,2,5,8H2,1H3/t13-,14-/m0/s1. The van der Waals surface area contributed by atoms with E-state index in [4.69, 9.17) is 9.26 Å². The van der Waals surface area contributed by atoms with Crippen molar-refractivity contribution < 1.29 is 27.6 Å². The van der Waals surface area contributed by atoms with Gasteiger partial charge in [0.1, 0.15) is 12.4 Å². The number of likely N-dealkylation sites (N-methyl/N-ethyl adjacent to an activating group) is 1. The summed E-state index contributed by atoms with van der Waals surface area (Å²) in [6.07, 6.45) is 1.75.